The van der Waals surface area contributed by atoms with Gasteiger partial charge < -0.3 is 4.74 Å². The van der Waals surface area contributed by atoms with Gasteiger partial charge in [0.2, 0.25) is 0 Å². The van der Waals surface area contributed by atoms with E-state index in [0.29, 0.717) is 6.61 Å². The van der Waals surface area contributed by atoms with Crippen LogP contribution in [-0.4, -0.2) is 22.5 Å². The van der Waals surface area contributed by atoms with Crippen LogP contribution < -0.4 is 0 Å². The second-order valence-electron chi connectivity index (χ2n) is 3.51. The number of esters is 1. The van der Waals surface area contributed by atoms with Crippen molar-refractivity contribution in [2.75, 3.05) is 6.61 Å². The molecule has 0 aliphatic carbocycles. The Labute approximate surface area is 110 Å². The summed E-state index contributed by atoms with van der Waals surface area (Å²) in [4.78, 5) is 19.5. The van der Waals surface area contributed by atoms with E-state index in [1.54, 1.807) is 31.6 Å². The largest absolute Gasteiger partial charge is 0.461 e. The molecule has 0 atom stereocenters. The third kappa shape index (κ3) is 2.65. The number of aromatic nitrogens is 2. The molecular formula is C13H11ClN2O2. The molecule has 0 N–H and O–H groups in total. The number of rotatable bonds is 3. The lowest BCUT2D eigenvalue weighted by Gasteiger charge is -2.05. The third-order valence-electron chi connectivity index (χ3n) is 2.32. The Morgan fingerprint density at radius 1 is 1.33 bits per heavy atom. The predicted octanol–water partition coefficient (Wildman–Crippen LogP) is 2.97. The fourth-order valence-corrected chi connectivity index (χ4v) is 1.73. The van der Waals surface area contributed by atoms with Crippen LogP contribution in [0.5, 0.6) is 0 Å². The molecule has 92 valence electrons. The number of halogens is 1. The monoisotopic (exact) mass is 262 g/mol. The van der Waals surface area contributed by atoms with Crippen molar-refractivity contribution in [1.82, 2.24) is 9.97 Å². The van der Waals surface area contributed by atoms with Crippen LogP contribution in [-0.2, 0) is 4.74 Å². The Hall–Kier alpha value is -1.94. The highest BCUT2D eigenvalue weighted by Gasteiger charge is 2.14. The lowest BCUT2D eigenvalue weighted by Crippen LogP contribution is -2.07. The van der Waals surface area contributed by atoms with Crippen molar-refractivity contribution >= 4 is 17.6 Å². The molecule has 18 heavy (non-hydrogen) atoms. The number of nitrogens with zero attached hydrogens (tertiary/aromatic N) is 2. The molecule has 0 amide bonds. The molecule has 0 saturated heterocycles. The van der Waals surface area contributed by atoms with Gasteiger partial charge in [-0.3, -0.25) is 4.98 Å². The highest BCUT2D eigenvalue weighted by molar-refractivity contribution is 6.33. The molecule has 0 spiro atoms. The van der Waals surface area contributed by atoms with Crippen molar-refractivity contribution in [3.8, 4) is 11.1 Å². The van der Waals surface area contributed by atoms with Crippen LogP contribution in [0, 0.1) is 0 Å². The summed E-state index contributed by atoms with van der Waals surface area (Å²) in [5.41, 5.74) is 1.90. The summed E-state index contributed by atoms with van der Waals surface area (Å²) < 4.78 is 4.86. The lowest BCUT2D eigenvalue weighted by molar-refractivity contribution is 0.0520. The minimum atomic E-state index is -0.510. The Bertz CT molecular complexity index is 558. The van der Waals surface area contributed by atoms with E-state index in [9.17, 15) is 4.79 Å². The number of ether oxygens (including phenoxy) is 1. The maximum atomic E-state index is 11.5. The first-order valence-electron chi connectivity index (χ1n) is 5.45. The molecule has 4 nitrogen and oxygen atoms in total. The van der Waals surface area contributed by atoms with E-state index in [4.69, 9.17) is 16.3 Å². The summed E-state index contributed by atoms with van der Waals surface area (Å²) in [6.07, 6.45) is 4.96. The van der Waals surface area contributed by atoms with Gasteiger partial charge in [0.05, 0.1) is 11.6 Å². The number of carbonyl (C=O) groups excluding carboxylic acids is 1. The SMILES string of the molecule is CCOC(=O)c1ncc(-c2ccncc2)cc1Cl. The lowest BCUT2D eigenvalue weighted by atomic mass is 10.1. The predicted molar refractivity (Wildman–Crippen MR) is 68.4 cm³/mol. The summed E-state index contributed by atoms with van der Waals surface area (Å²) in [6, 6.07) is 5.38. The molecular weight excluding hydrogens is 252 g/mol. The number of hydrogen-bond acceptors (Lipinski definition) is 4. The van der Waals surface area contributed by atoms with E-state index < -0.39 is 5.97 Å². The van der Waals surface area contributed by atoms with E-state index in [-0.39, 0.29) is 10.7 Å². The summed E-state index contributed by atoms with van der Waals surface area (Å²) >= 11 is 6.03. The quantitative estimate of drug-likeness (QED) is 0.798. The van der Waals surface area contributed by atoms with Crippen LogP contribution in [0.15, 0.2) is 36.8 Å². The minimum Gasteiger partial charge on any atom is -0.461 e. The standard InChI is InChI=1S/C13H11ClN2O2/c1-2-18-13(17)12-11(14)7-10(8-16-12)9-3-5-15-6-4-9/h3-8H,2H2,1H3. The Morgan fingerprint density at radius 3 is 2.67 bits per heavy atom. The molecule has 0 fully saturated rings. The maximum absolute atomic E-state index is 11.5. The number of carbonyl (C=O) groups is 1. The summed E-state index contributed by atoms with van der Waals surface area (Å²) in [6.45, 7) is 2.03. The van der Waals surface area contributed by atoms with Crippen molar-refractivity contribution in [3.05, 3.63) is 47.5 Å². The van der Waals surface area contributed by atoms with Gasteiger partial charge in [-0.2, -0.15) is 0 Å². The Balaban J connectivity index is 2.34. The van der Waals surface area contributed by atoms with Gasteiger partial charge in [0, 0.05) is 24.2 Å². The number of hydrogen-bond donors (Lipinski definition) is 0. The first kappa shape index (κ1) is 12.5. The average Bonchev–Trinajstić information content (AvgIpc) is 2.40. The van der Waals surface area contributed by atoms with Gasteiger partial charge in [-0.1, -0.05) is 11.6 Å². The van der Waals surface area contributed by atoms with E-state index in [1.807, 2.05) is 12.1 Å². The first-order chi connectivity index (χ1) is 8.72. The highest BCUT2D eigenvalue weighted by Crippen LogP contribution is 2.23. The maximum Gasteiger partial charge on any atom is 0.358 e. The average molecular weight is 263 g/mol. The minimum absolute atomic E-state index is 0.135. The van der Waals surface area contributed by atoms with E-state index in [0.717, 1.165) is 11.1 Å². The van der Waals surface area contributed by atoms with Crippen molar-refractivity contribution in [2.24, 2.45) is 0 Å². The van der Waals surface area contributed by atoms with E-state index >= 15 is 0 Å². The molecule has 2 rings (SSSR count). The summed E-state index contributed by atoms with van der Waals surface area (Å²) in [5.74, 6) is -0.510. The van der Waals surface area contributed by atoms with Gasteiger partial charge >= 0.3 is 5.97 Å². The molecule has 0 radical (unpaired) electrons. The molecule has 2 heterocycles. The van der Waals surface area contributed by atoms with E-state index in [1.165, 1.54) is 0 Å². The van der Waals surface area contributed by atoms with Crippen LogP contribution in [0.25, 0.3) is 11.1 Å². The van der Waals surface area contributed by atoms with Crippen LogP contribution in [0.4, 0.5) is 0 Å². The first-order valence-corrected chi connectivity index (χ1v) is 5.83. The highest BCUT2D eigenvalue weighted by atomic mass is 35.5. The summed E-state index contributed by atoms with van der Waals surface area (Å²) in [7, 11) is 0. The fraction of sp³-hybridized carbons (Fsp3) is 0.154. The van der Waals surface area contributed by atoms with Crippen molar-refractivity contribution in [1.29, 1.82) is 0 Å². The van der Waals surface area contributed by atoms with Crippen molar-refractivity contribution in [2.45, 2.75) is 6.92 Å². The Morgan fingerprint density at radius 2 is 2.06 bits per heavy atom. The van der Waals surface area contributed by atoms with Crippen LogP contribution in [0.3, 0.4) is 0 Å². The van der Waals surface area contributed by atoms with Gasteiger partial charge in [0.25, 0.3) is 0 Å². The molecule has 2 aromatic rings. The zero-order valence-corrected chi connectivity index (χ0v) is 10.5. The van der Waals surface area contributed by atoms with Gasteiger partial charge in [0.1, 0.15) is 0 Å². The zero-order valence-electron chi connectivity index (χ0n) is 9.76. The normalized spacial score (nSPS) is 10.1. The molecule has 0 saturated carbocycles. The molecule has 0 aliphatic rings. The van der Waals surface area contributed by atoms with Crippen LogP contribution in [0.2, 0.25) is 5.02 Å². The second-order valence-corrected chi connectivity index (χ2v) is 3.92. The fourth-order valence-electron chi connectivity index (χ4n) is 1.49. The molecule has 2 aromatic heterocycles. The zero-order chi connectivity index (χ0) is 13.0. The molecule has 0 aromatic carbocycles. The van der Waals surface area contributed by atoms with Crippen LogP contribution >= 0.6 is 11.6 Å². The topological polar surface area (TPSA) is 52.1 Å². The molecule has 0 unspecified atom stereocenters. The van der Waals surface area contributed by atoms with Crippen molar-refractivity contribution in [3.63, 3.8) is 0 Å². The molecule has 0 bridgehead atoms. The van der Waals surface area contributed by atoms with Crippen LogP contribution in [0.1, 0.15) is 17.4 Å². The van der Waals surface area contributed by atoms with Gasteiger partial charge in [-0.05, 0) is 30.7 Å². The van der Waals surface area contributed by atoms with Gasteiger partial charge in [-0.15, -0.1) is 0 Å². The smallest absolute Gasteiger partial charge is 0.358 e. The van der Waals surface area contributed by atoms with E-state index in [2.05, 4.69) is 9.97 Å². The van der Waals surface area contributed by atoms with Gasteiger partial charge in [0.15, 0.2) is 5.69 Å². The molecule has 0 aliphatic heterocycles. The van der Waals surface area contributed by atoms with Gasteiger partial charge in [-0.25, -0.2) is 9.78 Å². The van der Waals surface area contributed by atoms with Crippen molar-refractivity contribution < 1.29 is 9.53 Å². The molecule has 5 heteroatoms. The third-order valence-corrected chi connectivity index (χ3v) is 2.61. The second kappa shape index (κ2) is 5.60. The number of pyridine rings is 2. The summed E-state index contributed by atoms with van der Waals surface area (Å²) in [5, 5.41) is 0.280. The Kier molecular flexibility index (Phi) is 3.89.